The number of carbonyl (C=O) groups excluding carboxylic acids is 4. The van der Waals surface area contributed by atoms with Crippen molar-refractivity contribution in [2.75, 3.05) is 39.4 Å². The largest absolute Gasteiger partial charge is 0.501 e. The lowest BCUT2D eigenvalue weighted by molar-refractivity contribution is -0.155. The molecule has 0 spiro atoms. The molecule has 1 aliphatic rings. The highest BCUT2D eigenvalue weighted by Gasteiger charge is 2.32. The van der Waals surface area contributed by atoms with Gasteiger partial charge in [-0.3, -0.25) is 14.4 Å². The number of nitrogens with zero attached hydrogens (tertiary/aromatic N) is 4. The minimum absolute atomic E-state index is 0.0192. The molecule has 12 heteroatoms. The van der Waals surface area contributed by atoms with Crippen LogP contribution in [0.5, 0.6) is 0 Å². The molecule has 1 aromatic heterocycles. The van der Waals surface area contributed by atoms with E-state index in [9.17, 15) is 19.2 Å². The van der Waals surface area contributed by atoms with Gasteiger partial charge in [0.05, 0.1) is 25.2 Å². The Morgan fingerprint density at radius 2 is 1.65 bits per heavy atom. The molecule has 3 amide bonds. The lowest BCUT2D eigenvalue weighted by atomic mass is 10.1. The van der Waals surface area contributed by atoms with E-state index < -0.39 is 29.6 Å². The van der Waals surface area contributed by atoms with Crippen molar-refractivity contribution >= 4 is 30.0 Å². The molecule has 0 aliphatic carbocycles. The molecule has 1 N–H and O–H groups in total. The summed E-state index contributed by atoms with van der Waals surface area (Å²) in [6, 6.07) is 9.68. The van der Waals surface area contributed by atoms with Crippen molar-refractivity contribution in [2.24, 2.45) is 0 Å². The highest BCUT2D eigenvalue weighted by molar-refractivity contribution is 5.97. The Kier molecular flexibility index (Phi) is 12.0. The average Bonchev–Trinajstić information content (AvgIpc) is 2.98. The zero-order valence-corrected chi connectivity index (χ0v) is 25.5. The number of hydrogen-bond acceptors (Lipinski definition) is 9. The summed E-state index contributed by atoms with van der Waals surface area (Å²) in [6.45, 7) is 10.7. The van der Waals surface area contributed by atoms with Gasteiger partial charge in [-0.1, -0.05) is 30.3 Å². The number of piperazine rings is 1. The normalized spacial score (nSPS) is 14.3. The van der Waals surface area contributed by atoms with Gasteiger partial charge in [-0.15, -0.1) is 0 Å². The Labute approximate surface area is 252 Å². The molecule has 1 fully saturated rings. The van der Waals surface area contributed by atoms with E-state index in [1.54, 1.807) is 38.7 Å². The molecule has 232 valence electrons. The number of carbonyl (C=O) groups is 4. The summed E-state index contributed by atoms with van der Waals surface area (Å²) in [5, 5.41) is 2.79. The van der Waals surface area contributed by atoms with Crippen molar-refractivity contribution in [3.05, 3.63) is 54.0 Å². The number of esters is 1. The van der Waals surface area contributed by atoms with E-state index in [-0.39, 0.29) is 44.1 Å². The number of ether oxygens (including phenoxy) is 3. The first-order valence-electron chi connectivity index (χ1n) is 14.5. The van der Waals surface area contributed by atoms with Crippen LogP contribution in [0.4, 0.5) is 4.79 Å². The van der Waals surface area contributed by atoms with Crippen LogP contribution in [-0.4, -0.2) is 94.7 Å². The van der Waals surface area contributed by atoms with Crippen molar-refractivity contribution < 1.29 is 33.4 Å². The van der Waals surface area contributed by atoms with E-state index in [1.165, 1.54) is 17.2 Å². The summed E-state index contributed by atoms with van der Waals surface area (Å²) < 4.78 is 15.8. The quantitative estimate of drug-likeness (QED) is 0.304. The number of aromatic nitrogens is 2. The smallest absolute Gasteiger partial charge is 0.409 e. The second kappa shape index (κ2) is 15.7. The highest BCUT2D eigenvalue weighted by Crippen LogP contribution is 2.18. The van der Waals surface area contributed by atoms with Crippen LogP contribution in [-0.2, 0) is 23.8 Å². The van der Waals surface area contributed by atoms with Crippen LogP contribution in [0.1, 0.15) is 63.6 Å². The maximum Gasteiger partial charge on any atom is 0.409 e. The highest BCUT2D eigenvalue weighted by atomic mass is 16.6. The van der Waals surface area contributed by atoms with E-state index in [1.807, 2.05) is 37.3 Å². The lowest BCUT2D eigenvalue weighted by Gasteiger charge is -2.36. The van der Waals surface area contributed by atoms with Gasteiger partial charge in [-0.05, 0) is 53.2 Å². The molecule has 12 nitrogen and oxygen atoms in total. The average molecular weight is 596 g/mol. The first kappa shape index (κ1) is 33.0. The van der Waals surface area contributed by atoms with Gasteiger partial charge in [0, 0.05) is 38.2 Å². The molecule has 0 bridgehead atoms. The van der Waals surface area contributed by atoms with E-state index in [4.69, 9.17) is 14.2 Å². The third-order valence-electron chi connectivity index (χ3n) is 6.29. The fourth-order valence-corrected chi connectivity index (χ4v) is 4.29. The van der Waals surface area contributed by atoms with Crippen molar-refractivity contribution in [1.82, 2.24) is 25.1 Å². The monoisotopic (exact) mass is 595 g/mol. The second-order valence-electron chi connectivity index (χ2n) is 10.8. The zero-order chi connectivity index (χ0) is 31.4. The van der Waals surface area contributed by atoms with Crippen LogP contribution in [0.2, 0.25) is 0 Å². The van der Waals surface area contributed by atoms with E-state index >= 15 is 0 Å². The van der Waals surface area contributed by atoms with Gasteiger partial charge in [0.25, 0.3) is 5.91 Å². The van der Waals surface area contributed by atoms with Gasteiger partial charge in [0.1, 0.15) is 17.3 Å². The van der Waals surface area contributed by atoms with Crippen molar-refractivity contribution in [1.29, 1.82) is 0 Å². The molecule has 0 saturated carbocycles. The fourth-order valence-electron chi connectivity index (χ4n) is 4.29. The second-order valence-corrected chi connectivity index (χ2v) is 10.8. The van der Waals surface area contributed by atoms with E-state index in [0.717, 1.165) is 0 Å². The maximum atomic E-state index is 13.7. The Bertz CT molecular complexity index is 1290. The molecule has 0 unspecified atom stereocenters. The van der Waals surface area contributed by atoms with E-state index in [2.05, 4.69) is 15.3 Å². The van der Waals surface area contributed by atoms with Crippen LogP contribution < -0.4 is 5.32 Å². The minimum atomic E-state index is -1.04. The lowest BCUT2D eigenvalue weighted by Crippen LogP contribution is -2.56. The van der Waals surface area contributed by atoms with Crippen molar-refractivity contribution in [3.63, 3.8) is 0 Å². The molecule has 1 aromatic carbocycles. The Morgan fingerprint density at radius 1 is 0.977 bits per heavy atom. The number of amides is 3. The van der Waals surface area contributed by atoms with Crippen LogP contribution in [0.3, 0.4) is 0 Å². The van der Waals surface area contributed by atoms with Gasteiger partial charge >= 0.3 is 12.1 Å². The van der Waals surface area contributed by atoms with Crippen LogP contribution in [0, 0.1) is 0 Å². The molecule has 0 radical (unpaired) electrons. The standard InChI is InChI=1S/C31H41N5O7/c1-6-41-20-15-23-21-25(33-27(32-23)22-11-9-8-10-12-22)28(38)34-24(13-14-26(37)43-31(3,4)5)29(39)35-16-18-36(19-17-35)30(40)42-7-2/h8-12,15,20-21,24H,6-7,13-14,16-19H2,1-5H3,(H,34,38)/t24-/m0/s1. The zero-order valence-electron chi connectivity index (χ0n) is 25.5. The molecule has 1 atom stereocenters. The molecule has 1 saturated heterocycles. The van der Waals surface area contributed by atoms with Crippen LogP contribution in [0.25, 0.3) is 17.5 Å². The summed E-state index contributed by atoms with van der Waals surface area (Å²) in [4.78, 5) is 64.0. The molecule has 2 heterocycles. The summed E-state index contributed by atoms with van der Waals surface area (Å²) in [7, 11) is 0. The Balaban J connectivity index is 1.84. The summed E-state index contributed by atoms with van der Waals surface area (Å²) >= 11 is 0. The number of benzene rings is 1. The van der Waals surface area contributed by atoms with Crippen LogP contribution in [0.15, 0.2) is 42.7 Å². The van der Waals surface area contributed by atoms with Gasteiger partial charge in [0.15, 0.2) is 5.82 Å². The topological polar surface area (TPSA) is 140 Å². The van der Waals surface area contributed by atoms with E-state index in [0.29, 0.717) is 36.8 Å². The predicted molar refractivity (Wildman–Crippen MR) is 160 cm³/mol. The summed E-state index contributed by atoms with van der Waals surface area (Å²) in [5.41, 5.74) is 0.510. The third kappa shape index (κ3) is 10.4. The summed E-state index contributed by atoms with van der Waals surface area (Å²) in [6.07, 6.45) is 2.62. The van der Waals surface area contributed by atoms with Crippen LogP contribution >= 0.6 is 0 Å². The first-order valence-corrected chi connectivity index (χ1v) is 14.5. The van der Waals surface area contributed by atoms with Gasteiger partial charge in [-0.2, -0.15) is 0 Å². The summed E-state index contributed by atoms with van der Waals surface area (Å²) in [5.74, 6) is -1.12. The van der Waals surface area contributed by atoms with Gasteiger partial charge in [0.2, 0.25) is 5.91 Å². The SMILES string of the molecule is CCOC=Cc1cc(C(=O)N[C@@H](CCC(=O)OC(C)(C)C)C(=O)N2CCN(C(=O)OCC)CC2)nc(-c2ccccc2)n1. The molecule has 3 rings (SSSR count). The molecule has 1 aliphatic heterocycles. The third-order valence-corrected chi connectivity index (χ3v) is 6.29. The molecule has 2 aromatic rings. The molecular formula is C31H41N5O7. The van der Waals surface area contributed by atoms with Gasteiger partial charge in [-0.25, -0.2) is 14.8 Å². The minimum Gasteiger partial charge on any atom is -0.501 e. The first-order chi connectivity index (χ1) is 20.5. The van der Waals surface area contributed by atoms with Gasteiger partial charge < -0.3 is 29.3 Å². The van der Waals surface area contributed by atoms with Crippen molar-refractivity contribution in [2.45, 2.75) is 59.1 Å². The molecule has 43 heavy (non-hydrogen) atoms. The van der Waals surface area contributed by atoms with Crippen molar-refractivity contribution in [3.8, 4) is 11.4 Å². The molecular weight excluding hydrogens is 554 g/mol. The maximum absolute atomic E-state index is 13.7. The number of nitrogens with one attached hydrogen (secondary N) is 1. The number of hydrogen-bond donors (Lipinski definition) is 1. The Hall–Kier alpha value is -4.48. The fraction of sp³-hybridized carbons (Fsp3) is 0.484. The Morgan fingerprint density at radius 3 is 2.28 bits per heavy atom. The number of rotatable bonds is 11. The predicted octanol–water partition coefficient (Wildman–Crippen LogP) is 3.67.